The molecule has 1 aromatic rings. The summed E-state index contributed by atoms with van der Waals surface area (Å²) in [6.07, 6.45) is 1.55. The second-order valence-electron chi connectivity index (χ2n) is 3.17. The summed E-state index contributed by atoms with van der Waals surface area (Å²) in [6, 6.07) is -0.513. The van der Waals surface area contributed by atoms with E-state index in [1.807, 2.05) is 0 Å². The third-order valence-electron chi connectivity index (χ3n) is 1.89. The predicted octanol–water partition coefficient (Wildman–Crippen LogP) is 1.61. The Morgan fingerprint density at radius 2 is 2.35 bits per heavy atom. The molecule has 0 bridgehead atoms. The monoisotopic (exact) mass is 303 g/mol. The Balaban J connectivity index is 2.71. The molecule has 0 spiro atoms. The number of halogens is 1. The number of carbonyl (C=O) groups is 1. The number of aromatic nitrogens is 2. The van der Waals surface area contributed by atoms with Gasteiger partial charge in [-0.1, -0.05) is 0 Å². The first-order valence-electron chi connectivity index (χ1n) is 5.08. The molecule has 0 aliphatic carbocycles. The van der Waals surface area contributed by atoms with Gasteiger partial charge >= 0.3 is 5.97 Å². The molecule has 17 heavy (non-hydrogen) atoms. The quantitative estimate of drug-likeness (QED) is 0.833. The van der Waals surface area contributed by atoms with Crippen LogP contribution >= 0.6 is 15.9 Å². The number of anilines is 1. The number of esters is 1. The predicted molar refractivity (Wildman–Crippen MR) is 66.0 cm³/mol. The summed E-state index contributed by atoms with van der Waals surface area (Å²) in [5.41, 5.74) is 0. The highest BCUT2D eigenvalue weighted by Gasteiger charge is 2.15. The third kappa shape index (κ3) is 3.85. The largest absolute Gasteiger partial charge is 0.480 e. The summed E-state index contributed by atoms with van der Waals surface area (Å²) in [4.78, 5) is 19.5. The fraction of sp³-hybridized carbons (Fsp3) is 0.500. The van der Waals surface area contributed by atoms with E-state index < -0.39 is 6.04 Å². The lowest BCUT2D eigenvalue weighted by molar-refractivity contribution is -0.143. The summed E-state index contributed by atoms with van der Waals surface area (Å²) in [6.45, 7) is 3.77. The maximum atomic E-state index is 11.4. The number of hydrogen-bond acceptors (Lipinski definition) is 6. The molecule has 94 valence electrons. The maximum absolute atomic E-state index is 11.4. The maximum Gasteiger partial charge on any atom is 0.328 e. The highest BCUT2D eigenvalue weighted by Crippen LogP contribution is 2.21. The minimum absolute atomic E-state index is 0.311. The Bertz CT molecular complexity index is 400. The van der Waals surface area contributed by atoms with Gasteiger partial charge < -0.3 is 14.8 Å². The fourth-order valence-electron chi connectivity index (χ4n) is 1.08. The molecule has 0 amide bonds. The van der Waals surface area contributed by atoms with Crippen molar-refractivity contribution in [2.45, 2.75) is 19.9 Å². The van der Waals surface area contributed by atoms with Crippen molar-refractivity contribution >= 4 is 27.8 Å². The summed E-state index contributed by atoms with van der Waals surface area (Å²) < 4.78 is 10.5. The zero-order valence-electron chi connectivity index (χ0n) is 9.86. The van der Waals surface area contributed by atoms with Gasteiger partial charge in [-0.05, 0) is 29.8 Å². The van der Waals surface area contributed by atoms with Crippen molar-refractivity contribution in [1.82, 2.24) is 9.97 Å². The van der Waals surface area contributed by atoms with Crippen LogP contribution in [0.4, 0.5) is 5.95 Å². The van der Waals surface area contributed by atoms with Crippen molar-refractivity contribution in [2.24, 2.45) is 0 Å². The molecule has 7 heteroatoms. The molecule has 1 aromatic heterocycles. The molecule has 0 aliphatic heterocycles. The van der Waals surface area contributed by atoms with Crippen molar-refractivity contribution in [1.29, 1.82) is 0 Å². The highest BCUT2D eigenvalue weighted by atomic mass is 79.9. The van der Waals surface area contributed by atoms with Crippen molar-refractivity contribution in [3.8, 4) is 5.88 Å². The molecule has 0 aromatic carbocycles. The Hall–Kier alpha value is -1.37. The number of rotatable bonds is 5. The number of methoxy groups -OCH3 is 1. The molecule has 0 aliphatic rings. The summed E-state index contributed by atoms with van der Waals surface area (Å²) >= 11 is 3.24. The van der Waals surface area contributed by atoms with Crippen LogP contribution in [0.5, 0.6) is 5.88 Å². The average molecular weight is 304 g/mol. The molecule has 0 saturated heterocycles. The lowest BCUT2D eigenvalue weighted by Gasteiger charge is -2.12. The van der Waals surface area contributed by atoms with Gasteiger partial charge in [-0.2, -0.15) is 4.98 Å². The van der Waals surface area contributed by atoms with Crippen molar-refractivity contribution in [2.75, 3.05) is 19.0 Å². The SMILES string of the molecule is CCOC(=O)C(C)Nc1ncc(Br)c(OC)n1. The van der Waals surface area contributed by atoms with Gasteiger partial charge in [0.15, 0.2) is 0 Å². The van der Waals surface area contributed by atoms with E-state index in [0.717, 1.165) is 0 Å². The number of nitrogens with zero attached hydrogens (tertiary/aromatic N) is 2. The van der Waals surface area contributed by atoms with Gasteiger partial charge in [-0.3, -0.25) is 0 Å². The standard InChI is InChI=1S/C10H14BrN3O3/c1-4-17-9(15)6(2)13-10-12-5-7(11)8(14-10)16-3/h5-6H,4H2,1-3H3,(H,12,13,14). The van der Waals surface area contributed by atoms with Crippen LogP contribution in [-0.4, -0.2) is 35.7 Å². The molecule has 0 saturated carbocycles. The molecule has 1 rings (SSSR count). The van der Waals surface area contributed by atoms with E-state index in [2.05, 4.69) is 31.2 Å². The van der Waals surface area contributed by atoms with E-state index in [4.69, 9.17) is 9.47 Å². The minimum atomic E-state index is -0.513. The first kappa shape index (κ1) is 13.7. The van der Waals surface area contributed by atoms with Crippen LogP contribution in [0.3, 0.4) is 0 Å². The zero-order valence-corrected chi connectivity index (χ0v) is 11.4. The molecule has 6 nitrogen and oxygen atoms in total. The van der Waals surface area contributed by atoms with Crippen molar-refractivity contribution in [3.63, 3.8) is 0 Å². The van der Waals surface area contributed by atoms with E-state index in [9.17, 15) is 4.79 Å². The topological polar surface area (TPSA) is 73.3 Å². The lowest BCUT2D eigenvalue weighted by Crippen LogP contribution is -2.29. The van der Waals surface area contributed by atoms with Crippen LogP contribution in [0.2, 0.25) is 0 Å². The second-order valence-corrected chi connectivity index (χ2v) is 4.02. The first-order valence-corrected chi connectivity index (χ1v) is 5.87. The molecule has 1 N–H and O–H groups in total. The smallest absolute Gasteiger partial charge is 0.328 e. The minimum Gasteiger partial charge on any atom is -0.480 e. The van der Waals surface area contributed by atoms with Gasteiger partial charge in [0, 0.05) is 0 Å². The second kappa shape index (κ2) is 6.39. The molecule has 1 unspecified atom stereocenters. The fourth-order valence-corrected chi connectivity index (χ4v) is 1.44. The molecule has 0 fully saturated rings. The average Bonchev–Trinajstić information content (AvgIpc) is 2.31. The van der Waals surface area contributed by atoms with Crippen LogP contribution in [0.1, 0.15) is 13.8 Å². The van der Waals surface area contributed by atoms with Crippen LogP contribution in [0.25, 0.3) is 0 Å². The van der Waals surface area contributed by atoms with Gasteiger partial charge in [0.25, 0.3) is 0 Å². The van der Waals surface area contributed by atoms with Gasteiger partial charge in [0.1, 0.15) is 6.04 Å². The van der Waals surface area contributed by atoms with E-state index in [0.29, 0.717) is 22.9 Å². The Morgan fingerprint density at radius 3 is 2.94 bits per heavy atom. The third-order valence-corrected chi connectivity index (χ3v) is 2.43. The van der Waals surface area contributed by atoms with Crippen LogP contribution in [-0.2, 0) is 9.53 Å². The van der Waals surface area contributed by atoms with Gasteiger partial charge in [0.05, 0.1) is 24.4 Å². The highest BCUT2D eigenvalue weighted by molar-refractivity contribution is 9.10. The number of nitrogens with one attached hydrogen (secondary N) is 1. The van der Waals surface area contributed by atoms with Gasteiger partial charge in [0.2, 0.25) is 11.8 Å². The van der Waals surface area contributed by atoms with E-state index in [1.165, 1.54) is 7.11 Å². The first-order chi connectivity index (χ1) is 8.08. The molecular weight excluding hydrogens is 290 g/mol. The van der Waals surface area contributed by atoms with E-state index in [1.54, 1.807) is 20.0 Å². The van der Waals surface area contributed by atoms with Crippen LogP contribution in [0, 0.1) is 0 Å². The van der Waals surface area contributed by atoms with E-state index >= 15 is 0 Å². The van der Waals surface area contributed by atoms with Crippen LogP contribution < -0.4 is 10.1 Å². The Labute approximate surface area is 108 Å². The summed E-state index contributed by atoms with van der Waals surface area (Å²) in [7, 11) is 1.51. The molecule has 0 radical (unpaired) electrons. The molecular formula is C10H14BrN3O3. The van der Waals surface area contributed by atoms with Crippen molar-refractivity contribution in [3.05, 3.63) is 10.7 Å². The number of ether oxygens (including phenoxy) is 2. The van der Waals surface area contributed by atoms with Gasteiger partial charge in [-0.25, -0.2) is 9.78 Å². The van der Waals surface area contributed by atoms with E-state index in [-0.39, 0.29) is 5.97 Å². The molecule has 1 atom stereocenters. The number of carbonyl (C=O) groups excluding carboxylic acids is 1. The number of hydrogen-bond donors (Lipinski definition) is 1. The van der Waals surface area contributed by atoms with Crippen molar-refractivity contribution < 1.29 is 14.3 Å². The normalized spacial score (nSPS) is 11.8. The van der Waals surface area contributed by atoms with Gasteiger partial charge in [-0.15, -0.1) is 0 Å². The van der Waals surface area contributed by atoms with Crippen LogP contribution in [0.15, 0.2) is 10.7 Å². The summed E-state index contributed by atoms with van der Waals surface area (Å²) in [5.74, 6) is 0.363. The lowest BCUT2D eigenvalue weighted by atomic mass is 10.3. The summed E-state index contributed by atoms with van der Waals surface area (Å²) in [5, 5.41) is 2.83. The zero-order chi connectivity index (χ0) is 12.8. The molecule has 1 heterocycles. The Morgan fingerprint density at radius 1 is 1.65 bits per heavy atom. The Kier molecular flexibility index (Phi) is 5.14.